The number of anilines is 1. The molecule has 34 heavy (non-hydrogen) atoms. The zero-order valence-corrected chi connectivity index (χ0v) is 20.3. The van der Waals surface area contributed by atoms with Crippen molar-refractivity contribution in [3.8, 4) is 0 Å². The Balaban J connectivity index is 2.48. The molecule has 0 amide bonds. The van der Waals surface area contributed by atoms with Crippen molar-refractivity contribution in [2.24, 2.45) is 9.98 Å². The van der Waals surface area contributed by atoms with E-state index in [0.717, 1.165) is 36.7 Å². The summed E-state index contributed by atoms with van der Waals surface area (Å²) >= 11 is 0. The molecule has 4 nitrogen and oxygen atoms in total. The lowest BCUT2D eigenvalue weighted by molar-refractivity contribution is -0.137. The van der Waals surface area contributed by atoms with Crippen molar-refractivity contribution >= 4 is 28.6 Å². The summed E-state index contributed by atoms with van der Waals surface area (Å²) in [4.78, 5) is 9.29. The minimum absolute atomic E-state index is 0.0227. The lowest BCUT2D eigenvalue weighted by atomic mass is 10.0. The molecule has 0 spiro atoms. The van der Waals surface area contributed by atoms with Gasteiger partial charge in [-0.3, -0.25) is 4.99 Å². The van der Waals surface area contributed by atoms with Crippen molar-refractivity contribution < 1.29 is 13.2 Å². The second kappa shape index (κ2) is 12.2. The van der Waals surface area contributed by atoms with Crippen molar-refractivity contribution in [1.29, 1.82) is 0 Å². The quantitative estimate of drug-likeness (QED) is 0.280. The largest absolute Gasteiger partial charge is 0.417 e. The number of nitrogens with one attached hydrogen (secondary N) is 2. The average molecular weight is 471 g/mol. The minimum atomic E-state index is -4.51. The number of benzene rings is 2. The van der Waals surface area contributed by atoms with Crippen molar-refractivity contribution in [2.45, 2.75) is 52.8 Å². The fourth-order valence-corrected chi connectivity index (χ4v) is 3.23. The van der Waals surface area contributed by atoms with E-state index in [1.54, 1.807) is 13.0 Å². The van der Waals surface area contributed by atoms with E-state index in [9.17, 15) is 13.2 Å². The number of alkyl halides is 3. The highest BCUT2D eigenvalue weighted by atomic mass is 19.4. The molecule has 0 fully saturated rings. The van der Waals surface area contributed by atoms with Crippen molar-refractivity contribution in [2.75, 3.05) is 11.9 Å². The zero-order chi connectivity index (χ0) is 25.3. The number of nitrogens with zero attached hydrogens (tertiary/aromatic N) is 2. The first-order valence-corrected chi connectivity index (χ1v) is 11.4. The molecule has 2 aromatic carbocycles. The van der Waals surface area contributed by atoms with Crippen molar-refractivity contribution in [3.63, 3.8) is 0 Å². The first-order valence-electron chi connectivity index (χ1n) is 11.4. The first kappa shape index (κ1) is 26.9. The molecule has 7 heteroatoms. The monoisotopic (exact) mass is 470 g/mol. The smallest absolute Gasteiger partial charge is 0.385 e. The van der Waals surface area contributed by atoms with Crippen LogP contribution in [-0.4, -0.2) is 24.1 Å². The maximum absolute atomic E-state index is 13.6. The Kier molecular flexibility index (Phi) is 9.66. The number of aliphatic imine (C=N–C) groups is 2. The number of hydrogen-bond donors (Lipinski definition) is 2. The second-order valence-electron chi connectivity index (χ2n) is 8.00. The molecule has 182 valence electrons. The maximum Gasteiger partial charge on any atom is 0.417 e. The molecule has 0 saturated heterocycles. The van der Waals surface area contributed by atoms with Gasteiger partial charge in [0.15, 0.2) is 5.84 Å². The number of hydrogen-bond acceptors (Lipinski definition) is 3. The molecule has 1 atom stereocenters. The van der Waals surface area contributed by atoms with E-state index in [1.807, 2.05) is 38.1 Å². The molecule has 0 aliphatic rings. The third-order valence-electron chi connectivity index (χ3n) is 5.22. The summed E-state index contributed by atoms with van der Waals surface area (Å²) in [5.41, 5.74) is 1.96. The number of para-hydroxylation sites is 1. The Morgan fingerprint density at radius 2 is 1.62 bits per heavy atom. The Morgan fingerprint density at radius 1 is 1.00 bits per heavy atom. The van der Waals surface area contributed by atoms with E-state index in [2.05, 4.69) is 40.7 Å². The fraction of sp³-hybridized carbons (Fsp3) is 0.333. The van der Waals surface area contributed by atoms with Gasteiger partial charge >= 0.3 is 6.18 Å². The maximum atomic E-state index is 13.6. The summed E-state index contributed by atoms with van der Waals surface area (Å²) in [6, 6.07) is 13.0. The predicted octanol–water partition coefficient (Wildman–Crippen LogP) is 7.42. The zero-order valence-electron chi connectivity index (χ0n) is 20.3. The van der Waals surface area contributed by atoms with Crippen LogP contribution in [0.25, 0.3) is 11.4 Å². The molecule has 0 aliphatic heterocycles. The SMILES string of the molecule is C=C(N=C(NC(=C)c1ccccc1C(F)(F)F)C(C)=NC(C)CC)c1ccccc1NCCC. The number of amidine groups is 1. The molecule has 0 heterocycles. The molecule has 0 radical (unpaired) electrons. The summed E-state index contributed by atoms with van der Waals surface area (Å²) in [6.45, 7) is 16.6. The summed E-state index contributed by atoms with van der Waals surface area (Å²) < 4.78 is 40.7. The van der Waals surface area contributed by atoms with Gasteiger partial charge in [-0.15, -0.1) is 0 Å². The Labute approximate surface area is 200 Å². The predicted molar refractivity (Wildman–Crippen MR) is 138 cm³/mol. The van der Waals surface area contributed by atoms with Gasteiger partial charge in [-0.2, -0.15) is 13.2 Å². The van der Waals surface area contributed by atoms with Crippen LogP contribution in [0.15, 0.2) is 71.7 Å². The third kappa shape index (κ3) is 7.33. The van der Waals surface area contributed by atoms with Gasteiger partial charge in [0.25, 0.3) is 0 Å². The number of halogens is 3. The molecule has 2 aromatic rings. The molecule has 1 unspecified atom stereocenters. The third-order valence-corrected chi connectivity index (χ3v) is 5.22. The summed E-state index contributed by atoms with van der Waals surface area (Å²) in [7, 11) is 0. The van der Waals surface area contributed by atoms with Gasteiger partial charge in [-0.1, -0.05) is 63.4 Å². The topological polar surface area (TPSA) is 48.8 Å². The van der Waals surface area contributed by atoms with E-state index in [-0.39, 0.29) is 17.3 Å². The van der Waals surface area contributed by atoms with E-state index in [4.69, 9.17) is 0 Å². The van der Waals surface area contributed by atoms with Crippen LogP contribution in [0.5, 0.6) is 0 Å². The van der Waals surface area contributed by atoms with E-state index < -0.39 is 11.7 Å². The van der Waals surface area contributed by atoms with Crippen LogP contribution < -0.4 is 10.6 Å². The lowest BCUT2D eigenvalue weighted by Gasteiger charge is -2.18. The standard InChI is InChI=1S/C27H33F3N4/c1-7-17-31-25-16-12-10-14-23(25)20(5)34-26(21(6)32-18(3)8-2)33-19(4)22-13-9-11-15-24(22)27(28,29)30/h9-16,18,31H,4-5,7-8,17H2,1-3,6H3,(H,33,34). The van der Waals surface area contributed by atoms with E-state index >= 15 is 0 Å². The van der Waals surface area contributed by atoms with Gasteiger partial charge < -0.3 is 10.6 Å². The normalized spacial score (nSPS) is 13.4. The second-order valence-corrected chi connectivity index (χ2v) is 8.00. The first-order chi connectivity index (χ1) is 16.1. The van der Waals surface area contributed by atoms with Crippen LogP contribution >= 0.6 is 0 Å². The summed E-state index contributed by atoms with van der Waals surface area (Å²) in [5, 5.41) is 6.34. The molecule has 0 aromatic heterocycles. The van der Waals surface area contributed by atoms with Gasteiger partial charge in [0, 0.05) is 35.1 Å². The van der Waals surface area contributed by atoms with Gasteiger partial charge in [0.2, 0.25) is 0 Å². The Hall–Kier alpha value is -3.35. The van der Waals surface area contributed by atoms with Gasteiger partial charge in [0.05, 0.1) is 17.0 Å². The minimum Gasteiger partial charge on any atom is -0.385 e. The summed E-state index contributed by atoms with van der Waals surface area (Å²) in [5.74, 6) is 0.303. The van der Waals surface area contributed by atoms with E-state index in [0.29, 0.717) is 17.2 Å². The van der Waals surface area contributed by atoms with E-state index in [1.165, 1.54) is 12.1 Å². The average Bonchev–Trinajstić information content (AvgIpc) is 2.81. The summed E-state index contributed by atoms with van der Waals surface area (Å²) in [6.07, 6.45) is -2.74. The van der Waals surface area contributed by atoms with Crippen LogP contribution in [0.3, 0.4) is 0 Å². The highest BCUT2D eigenvalue weighted by Gasteiger charge is 2.33. The van der Waals surface area contributed by atoms with Crippen molar-refractivity contribution in [1.82, 2.24) is 5.32 Å². The van der Waals surface area contributed by atoms with Crippen molar-refractivity contribution in [3.05, 3.63) is 78.4 Å². The number of rotatable bonds is 10. The van der Waals surface area contributed by atoms with Crippen LogP contribution in [-0.2, 0) is 6.18 Å². The van der Waals surface area contributed by atoms with Gasteiger partial charge in [-0.05, 0) is 38.8 Å². The molecule has 0 bridgehead atoms. The van der Waals surface area contributed by atoms with Gasteiger partial charge in [-0.25, -0.2) is 4.99 Å². The fourth-order valence-electron chi connectivity index (χ4n) is 3.23. The molecule has 2 rings (SSSR count). The molecular formula is C27H33F3N4. The lowest BCUT2D eigenvalue weighted by Crippen LogP contribution is -2.30. The Morgan fingerprint density at radius 3 is 2.24 bits per heavy atom. The molecule has 0 aliphatic carbocycles. The highest BCUT2D eigenvalue weighted by Crippen LogP contribution is 2.34. The molecule has 0 saturated carbocycles. The van der Waals surface area contributed by atoms with Crippen LogP contribution in [0.2, 0.25) is 0 Å². The molecular weight excluding hydrogens is 437 g/mol. The van der Waals surface area contributed by atoms with Crippen LogP contribution in [0.1, 0.15) is 57.2 Å². The van der Waals surface area contributed by atoms with Crippen LogP contribution in [0.4, 0.5) is 18.9 Å². The Bertz CT molecular complexity index is 1070. The highest BCUT2D eigenvalue weighted by molar-refractivity contribution is 6.42. The van der Waals surface area contributed by atoms with Crippen LogP contribution in [0, 0.1) is 0 Å². The van der Waals surface area contributed by atoms with Gasteiger partial charge in [0.1, 0.15) is 0 Å². The molecule has 2 N–H and O–H groups in total.